The van der Waals surface area contributed by atoms with Crippen molar-refractivity contribution in [1.82, 2.24) is 88.5 Å². The van der Waals surface area contributed by atoms with Crippen LogP contribution in [0.15, 0.2) is 147 Å². The zero-order chi connectivity index (χ0) is 64.8. The lowest BCUT2D eigenvalue weighted by Gasteiger charge is -2.25. The number of pyridine rings is 6. The number of hydrogen-bond donors (Lipinski definition) is 3. The monoisotopic (exact) mass is 1350 g/mol. The molecule has 0 amide bonds. The molecule has 2 aliphatic heterocycles. The highest BCUT2D eigenvalue weighted by Gasteiger charge is 2.29. The number of aromatic nitrogens is 18. The molecule has 2 atom stereocenters. The molecule has 466 valence electrons. The van der Waals surface area contributed by atoms with E-state index >= 15 is 0 Å². The predicted molar refractivity (Wildman–Crippen MR) is 355 cm³/mol. The number of fused-ring (bicyclic) bond motifs is 3. The Morgan fingerprint density at radius 1 is 0.656 bits per heavy atom. The average molecular weight is 1360 g/mol. The van der Waals surface area contributed by atoms with Crippen molar-refractivity contribution < 1.29 is 29.1 Å². The van der Waals surface area contributed by atoms with Crippen molar-refractivity contribution in [3.8, 4) is 62.5 Å². The van der Waals surface area contributed by atoms with Gasteiger partial charge in [-0.2, -0.15) is 35.9 Å². The molecule has 0 bridgehead atoms. The number of esters is 1. The van der Waals surface area contributed by atoms with Crippen LogP contribution in [0, 0.1) is 42.2 Å². The number of carbonyl (C=O) groups excluding carboxylic acids is 1. The van der Waals surface area contributed by atoms with Gasteiger partial charge in [-0.3, -0.25) is 20.1 Å². The second-order valence-corrected chi connectivity index (χ2v) is 22.3. The van der Waals surface area contributed by atoms with Gasteiger partial charge < -0.3 is 24.3 Å². The highest BCUT2D eigenvalue weighted by atomic mass is 127. The van der Waals surface area contributed by atoms with Crippen molar-refractivity contribution in [3.05, 3.63) is 196 Å². The van der Waals surface area contributed by atoms with Gasteiger partial charge in [0.25, 0.3) is 0 Å². The minimum atomic E-state index is -1.58. The largest absolute Gasteiger partial charge is 0.492 e. The number of carbonyl (C=O) groups is 1. The van der Waals surface area contributed by atoms with Crippen LogP contribution >= 0.6 is 22.6 Å². The Kier molecular flexibility index (Phi) is 20.5. The number of hydrogen-bond acceptors (Lipinski definition) is 19. The molecule has 12 aromatic rings. The quantitative estimate of drug-likeness (QED) is 0.0256. The van der Waals surface area contributed by atoms with Crippen molar-refractivity contribution in [2.24, 2.45) is 0 Å². The Bertz CT molecular complexity index is 4790. The van der Waals surface area contributed by atoms with E-state index in [2.05, 4.69) is 82.9 Å². The van der Waals surface area contributed by atoms with Gasteiger partial charge in [0.15, 0.2) is 35.6 Å². The predicted octanol–water partition coefficient (Wildman–Crippen LogP) is 9.73. The van der Waals surface area contributed by atoms with Gasteiger partial charge in [0.2, 0.25) is 0 Å². The average Bonchev–Trinajstić information content (AvgIpc) is 1.75. The first-order chi connectivity index (χ1) is 45.4. The number of aromatic amines is 1. The first-order valence-electron chi connectivity index (χ1n) is 29.5. The van der Waals surface area contributed by atoms with Crippen LogP contribution in [0.1, 0.15) is 85.1 Å². The summed E-state index contributed by atoms with van der Waals surface area (Å²) in [4.78, 5) is 41.4. The van der Waals surface area contributed by atoms with Gasteiger partial charge in [-0.15, -0.1) is 0 Å². The molecule has 26 nitrogen and oxygen atoms in total. The number of rotatable bonds is 12. The molecule has 2 unspecified atom stereocenters. The van der Waals surface area contributed by atoms with Crippen LogP contribution in [0.4, 0.5) is 0 Å². The highest BCUT2D eigenvalue weighted by Crippen LogP contribution is 2.38. The Hall–Kier alpha value is -10.8. The summed E-state index contributed by atoms with van der Waals surface area (Å²) in [5.41, 5.74) is 15.6. The molecule has 0 radical (unpaired) electrons. The summed E-state index contributed by atoms with van der Waals surface area (Å²) in [5, 5.41) is 56.6. The van der Waals surface area contributed by atoms with Crippen LogP contribution < -0.4 is 5.46 Å². The lowest BCUT2D eigenvalue weighted by atomic mass is 9.80. The van der Waals surface area contributed by atoms with Crippen molar-refractivity contribution in [3.63, 3.8) is 0 Å². The molecule has 14 rings (SSSR count). The van der Waals surface area contributed by atoms with Crippen molar-refractivity contribution in [2.45, 2.75) is 71.8 Å². The molecule has 12 aromatic heterocycles. The summed E-state index contributed by atoms with van der Waals surface area (Å²) < 4.78 is 26.3. The number of aryl methyl sites for hydroxylation is 3. The Morgan fingerprint density at radius 3 is 1.73 bits per heavy atom. The fourth-order valence-electron chi connectivity index (χ4n) is 10.7. The highest BCUT2D eigenvalue weighted by molar-refractivity contribution is 14.1. The van der Waals surface area contributed by atoms with Gasteiger partial charge in [-0.05, 0) is 173 Å². The summed E-state index contributed by atoms with van der Waals surface area (Å²) >= 11 is 2.20. The van der Waals surface area contributed by atoms with Crippen LogP contribution in [0.3, 0.4) is 0 Å². The number of halogens is 1. The third-order valence-corrected chi connectivity index (χ3v) is 15.9. The summed E-state index contributed by atoms with van der Waals surface area (Å²) in [6.07, 6.45) is 24.6. The SMILES string of the molecule is COC(=O)/C=C/c1c(-c2cn[nH]c2-c2cccc(C)n2)ccc2ncnn12.Cc1cccc(-c2c(B(O)O)cnn2C2CCCCO2)n1.N#C/C=C/c1c(I)ccc2ncnn12.[C-]#[N+]/C=C/c1c(-c2cnn(C3CCCCO3)c2-c2cccc(C)n2)ccc2ncnn12. The fraction of sp³-hybridized carbons (Fsp3) is 0.215. The topological polar surface area (TPSA) is 307 Å². The van der Waals surface area contributed by atoms with Crippen LogP contribution in [0.25, 0.3) is 96.4 Å². The standard InChI is InChI=1S/C23H21N7O.C19H16N6O2.C14H18BN3O3.C9H5IN4/c1-16-6-5-7-19(28-16)23-18(14-26-30(23)22-8-3-4-13-31-22)17-9-10-21-25-15-27-29(21)20(17)11-12-24-2;1-12-4-3-5-15(23-12)19-14(10-21-24-19)13-6-8-17-20-11-22-25(17)16(13)7-9-18(26)27-2;1-10-5-4-6-12(17-10)14-11(15(19)20)9-16-18(14)13-7-2-3-8-21-13;10-7-3-4-9-12-6-13-14(9)8(7)2-1-5-11/h5-7,9-12,14-15,22H,3-4,8,13H2,1H3;3-11H,1-2H3,(H,21,24);4-6,9,13,19-20H,2-3,7-8H2,1H3;1-4,6H/b12-11+;9-7+;;2-1+. The molecule has 0 spiro atoms. The van der Waals surface area contributed by atoms with Crippen molar-refractivity contribution >= 4 is 76.3 Å². The van der Waals surface area contributed by atoms with E-state index in [4.69, 9.17) is 36.1 Å². The van der Waals surface area contributed by atoms with Crippen molar-refractivity contribution in [1.29, 1.82) is 5.26 Å². The van der Waals surface area contributed by atoms with Gasteiger partial charge in [-0.25, -0.2) is 47.5 Å². The van der Waals surface area contributed by atoms with Gasteiger partial charge in [-0.1, -0.05) is 18.2 Å². The number of ether oxygens (including phenoxy) is 3. The molecule has 0 aliphatic carbocycles. The number of nitriles is 1. The Labute approximate surface area is 546 Å². The Morgan fingerprint density at radius 2 is 1.18 bits per heavy atom. The maximum absolute atomic E-state index is 11.6. The molecule has 2 fully saturated rings. The summed E-state index contributed by atoms with van der Waals surface area (Å²) in [7, 11) is -0.249. The maximum atomic E-state index is 11.6. The van der Waals surface area contributed by atoms with Gasteiger partial charge in [0, 0.05) is 79.9 Å². The molecular formula is C65H60BIN20O6. The number of nitrogens with one attached hydrogen (secondary N) is 1. The first kappa shape index (κ1) is 63.8. The molecule has 2 saturated heterocycles. The normalized spacial score (nSPS) is 14.7. The number of methoxy groups -OCH3 is 1. The second-order valence-electron chi connectivity index (χ2n) is 21.1. The summed E-state index contributed by atoms with van der Waals surface area (Å²) in [5.74, 6) is -0.453. The number of H-pyrrole nitrogens is 1. The number of allylic oxidation sites excluding steroid dienone is 1. The lowest BCUT2D eigenvalue weighted by Crippen LogP contribution is -2.32. The third kappa shape index (κ3) is 14.6. The Balaban J connectivity index is 0.000000131. The first-order valence-corrected chi connectivity index (χ1v) is 30.6. The molecular weight excluding hydrogens is 1290 g/mol. The molecule has 0 saturated carbocycles. The van der Waals surface area contributed by atoms with Gasteiger partial charge >= 0.3 is 13.1 Å². The smallest absolute Gasteiger partial charge is 0.466 e. The van der Waals surface area contributed by atoms with E-state index < -0.39 is 13.1 Å². The summed E-state index contributed by atoms with van der Waals surface area (Å²) in [6.45, 7) is 14.4. The lowest BCUT2D eigenvalue weighted by molar-refractivity contribution is -0.134. The third-order valence-electron chi connectivity index (χ3n) is 15.0. The molecule has 14 heterocycles. The second kappa shape index (κ2) is 29.9. The zero-order valence-corrected chi connectivity index (χ0v) is 53.0. The molecule has 28 heteroatoms. The van der Waals surface area contributed by atoms with E-state index in [9.17, 15) is 14.8 Å². The van der Waals surface area contributed by atoms with E-state index in [1.165, 1.54) is 50.6 Å². The fourth-order valence-corrected chi connectivity index (χ4v) is 11.3. The molecule has 0 aromatic carbocycles. The minimum Gasteiger partial charge on any atom is -0.466 e. The molecule has 3 N–H and O–H groups in total. The zero-order valence-electron chi connectivity index (χ0n) is 50.9. The van der Waals surface area contributed by atoms with Gasteiger partial charge in [0.1, 0.15) is 19.0 Å². The minimum absolute atomic E-state index is 0.128. The van der Waals surface area contributed by atoms with Crippen LogP contribution in [-0.2, 0) is 19.0 Å². The van der Waals surface area contributed by atoms with E-state index in [1.54, 1.807) is 42.7 Å². The number of nitrogens with zero attached hydrogens (tertiary/aromatic N) is 19. The maximum Gasteiger partial charge on any atom is 0.492 e. The van der Waals surface area contributed by atoms with Crippen LogP contribution in [-0.4, -0.2) is 132 Å². The van der Waals surface area contributed by atoms with E-state index in [-0.39, 0.29) is 12.5 Å². The van der Waals surface area contributed by atoms with Crippen LogP contribution in [0.2, 0.25) is 0 Å². The molecule has 93 heavy (non-hydrogen) atoms. The molecule has 2 aliphatic rings. The van der Waals surface area contributed by atoms with Gasteiger partial charge in [0.05, 0.1) is 83.4 Å². The van der Waals surface area contributed by atoms with Crippen LogP contribution in [0.5, 0.6) is 0 Å². The van der Waals surface area contributed by atoms with Crippen molar-refractivity contribution in [2.75, 3.05) is 20.3 Å². The van der Waals surface area contributed by atoms with E-state index in [0.717, 1.165) is 128 Å². The van der Waals surface area contributed by atoms with E-state index in [0.29, 0.717) is 40.4 Å². The summed E-state index contributed by atoms with van der Waals surface area (Å²) in [6, 6.07) is 30.9. The van der Waals surface area contributed by atoms with E-state index in [1.807, 2.05) is 129 Å².